The fraction of sp³-hybridized carbons (Fsp3) is 0.500. The fourth-order valence-electron chi connectivity index (χ4n) is 1.86. The van der Waals surface area contributed by atoms with Crippen LogP contribution < -0.4 is 5.46 Å². The van der Waals surface area contributed by atoms with Gasteiger partial charge in [-0.3, -0.25) is 4.79 Å². The van der Waals surface area contributed by atoms with Gasteiger partial charge in [-0.2, -0.15) is 0 Å². The van der Waals surface area contributed by atoms with E-state index in [2.05, 4.69) is 16.8 Å². The minimum absolute atomic E-state index is 0.0679. The normalized spacial score (nSPS) is 18.7. The summed E-state index contributed by atoms with van der Waals surface area (Å²) < 4.78 is 12.0. The summed E-state index contributed by atoms with van der Waals surface area (Å²) in [4.78, 5) is 15.1. The minimum Gasteiger partial charge on any atom is -0.399 e. The van der Waals surface area contributed by atoms with E-state index < -0.39 is 7.12 Å². The van der Waals surface area contributed by atoms with Crippen molar-refractivity contribution in [2.45, 2.75) is 45.8 Å². The molecule has 1 aliphatic heterocycles. The lowest BCUT2D eigenvalue weighted by Gasteiger charge is -2.32. The zero-order chi connectivity index (χ0) is 16.4. The van der Waals surface area contributed by atoms with Crippen molar-refractivity contribution in [3.05, 3.63) is 24.0 Å². The van der Waals surface area contributed by atoms with Crippen LogP contribution in [0.1, 0.15) is 40.3 Å². The molecule has 2 heterocycles. The molecule has 1 aliphatic rings. The molecule has 0 saturated carbocycles. The Hall–Kier alpha value is -1.29. The number of nitrogens with zero attached hydrogens (tertiary/aromatic N) is 1. The van der Waals surface area contributed by atoms with Gasteiger partial charge in [0.15, 0.2) is 5.12 Å². The molecule has 116 valence electrons. The number of carbonyl (C=O) groups is 1. The SMILES string of the molecule is CC(=O)SCC#Cc1ccc(B2OC(C)(C)C(C)(C)O2)cn1. The van der Waals surface area contributed by atoms with Crippen LogP contribution in [0.3, 0.4) is 0 Å². The molecule has 0 aromatic carbocycles. The molecule has 0 atom stereocenters. The van der Waals surface area contributed by atoms with E-state index in [1.165, 1.54) is 18.7 Å². The maximum absolute atomic E-state index is 10.8. The van der Waals surface area contributed by atoms with Crippen LogP contribution in [0.2, 0.25) is 0 Å². The third kappa shape index (κ3) is 3.92. The van der Waals surface area contributed by atoms with E-state index in [-0.39, 0.29) is 16.3 Å². The Balaban J connectivity index is 2.03. The maximum Gasteiger partial charge on any atom is 0.496 e. The molecule has 0 radical (unpaired) electrons. The number of pyridine rings is 1. The van der Waals surface area contributed by atoms with Gasteiger partial charge in [0, 0.05) is 18.6 Å². The summed E-state index contributed by atoms with van der Waals surface area (Å²) in [5.41, 5.74) is 0.826. The van der Waals surface area contributed by atoms with Crippen LogP contribution in [0.15, 0.2) is 18.3 Å². The molecule has 1 fully saturated rings. The van der Waals surface area contributed by atoms with Gasteiger partial charge in [0.25, 0.3) is 0 Å². The molecule has 0 aliphatic carbocycles. The highest BCUT2D eigenvalue weighted by Gasteiger charge is 2.51. The van der Waals surface area contributed by atoms with E-state index in [0.717, 1.165) is 5.46 Å². The average molecular weight is 317 g/mol. The monoisotopic (exact) mass is 317 g/mol. The molecule has 6 heteroatoms. The van der Waals surface area contributed by atoms with Gasteiger partial charge in [0.05, 0.1) is 17.0 Å². The highest BCUT2D eigenvalue weighted by Crippen LogP contribution is 2.36. The fourth-order valence-corrected chi connectivity index (χ4v) is 2.21. The molecule has 0 unspecified atom stereocenters. The van der Waals surface area contributed by atoms with Crippen molar-refractivity contribution in [1.29, 1.82) is 0 Å². The van der Waals surface area contributed by atoms with Gasteiger partial charge in [-0.05, 0) is 39.7 Å². The summed E-state index contributed by atoms with van der Waals surface area (Å²) >= 11 is 1.19. The van der Waals surface area contributed by atoms with Gasteiger partial charge < -0.3 is 9.31 Å². The summed E-state index contributed by atoms with van der Waals surface area (Å²) in [5, 5.41) is 0.0679. The third-order valence-electron chi connectivity index (χ3n) is 3.88. The van der Waals surface area contributed by atoms with Gasteiger partial charge in [-0.1, -0.05) is 23.7 Å². The lowest BCUT2D eigenvalue weighted by Crippen LogP contribution is -2.41. The number of thioether (sulfide) groups is 1. The molecule has 1 aromatic heterocycles. The third-order valence-corrected chi connectivity index (χ3v) is 4.57. The van der Waals surface area contributed by atoms with E-state index in [4.69, 9.17) is 9.31 Å². The Kier molecular flexibility index (Phi) is 5.01. The molecular weight excluding hydrogens is 297 g/mol. The van der Waals surface area contributed by atoms with Crippen LogP contribution in [-0.2, 0) is 14.1 Å². The van der Waals surface area contributed by atoms with Crippen molar-refractivity contribution in [3.8, 4) is 11.8 Å². The first-order valence-corrected chi connectivity index (χ1v) is 8.14. The smallest absolute Gasteiger partial charge is 0.399 e. The van der Waals surface area contributed by atoms with Crippen molar-refractivity contribution in [3.63, 3.8) is 0 Å². The Labute approximate surface area is 136 Å². The molecule has 1 saturated heterocycles. The van der Waals surface area contributed by atoms with Gasteiger partial charge in [-0.15, -0.1) is 0 Å². The second-order valence-corrected chi connectivity index (χ2v) is 7.30. The Morgan fingerprint density at radius 1 is 1.27 bits per heavy atom. The zero-order valence-electron chi connectivity index (χ0n) is 13.6. The lowest BCUT2D eigenvalue weighted by atomic mass is 9.80. The number of aromatic nitrogens is 1. The molecular formula is C16H20BNO3S. The number of carbonyl (C=O) groups excluding carboxylic acids is 1. The molecule has 0 N–H and O–H groups in total. The van der Waals surface area contributed by atoms with Gasteiger partial charge in [0.2, 0.25) is 0 Å². The summed E-state index contributed by atoms with van der Waals surface area (Å²) in [5.74, 6) is 6.33. The van der Waals surface area contributed by atoms with Gasteiger partial charge in [-0.25, -0.2) is 4.98 Å². The quantitative estimate of drug-likeness (QED) is 0.617. The number of hydrogen-bond donors (Lipinski definition) is 0. The van der Waals surface area contributed by atoms with Crippen molar-refractivity contribution in [2.75, 3.05) is 5.75 Å². The largest absolute Gasteiger partial charge is 0.496 e. The summed E-state index contributed by atoms with van der Waals surface area (Å²) in [6.07, 6.45) is 1.73. The van der Waals surface area contributed by atoms with Crippen LogP contribution in [-0.4, -0.2) is 34.2 Å². The van der Waals surface area contributed by atoms with E-state index in [1.807, 2.05) is 39.8 Å². The number of hydrogen-bond acceptors (Lipinski definition) is 5. The molecule has 0 spiro atoms. The van der Waals surface area contributed by atoms with E-state index in [9.17, 15) is 4.79 Å². The molecule has 2 rings (SSSR count). The van der Waals surface area contributed by atoms with Crippen LogP contribution in [0, 0.1) is 11.8 Å². The topological polar surface area (TPSA) is 48.4 Å². The highest BCUT2D eigenvalue weighted by atomic mass is 32.2. The molecule has 22 heavy (non-hydrogen) atoms. The first-order chi connectivity index (χ1) is 10.2. The van der Waals surface area contributed by atoms with Crippen molar-refractivity contribution in [1.82, 2.24) is 4.98 Å². The van der Waals surface area contributed by atoms with Crippen molar-refractivity contribution in [2.24, 2.45) is 0 Å². The standard InChI is InChI=1S/C16H20BNO3S/c1-12(19)22-10-6-7-14-9-8-13(11-18-14)17-20-15(2,3)16(4,5)21-17/h8-9,11H,10H2,1-5H3. The minimum atomic E-state index is -0.409. The molecule has 4 nitrogen and oxygen atoms in total. The second kappa shape index (κ2) is 6.45. The second-order valence-electron chi connectivity index (χ2n) is 6.15. The average Bonchev–Trinajstić information content (AvgIpc) is 2.64. The Morgan fingerprint density at radius 3 is 2.41 bits per heavy atom. The van der Waals surface area contributed by atoms with E-state index >= 15 is 0 Å². The lowest BCUT2D eigenvalue weighted by molar-refractivity contribution is -0.109. The Morgan fingerprint density at radius 2 is 1.91 bits per heavy atom. The van der Waals surface area contributed by atoms with Crippen LogP contribution in [0.4, 0.5) is 0 Å². The van der Waals surface area contributed by atoms with E-state index in [1.54, 1.807) is 6.20 Å². The Bertz CT molecular complexity index is 601. The maximum atomic E-state index is 10.8. The van der Waals surface area contributed by atoms with Crippen LogP contribution in [0.25, 0.3) is 0 Å². The predicted molar refractivity (Wildman–Crippen MR) is 90.0 cm³/mol. The van der Waals surface area contributed by atoms with Crippen molar-refractivity contribution >= 4 is 29.5 Å². The van der Waals surface area contributed by atoms with E-state index in [0.29, 0.717) is 11.4 Å². The summed E-state index contributed by atoms with van der Waals surface area (Å²) in [6.45, 7) is 9.61. The number of rotatable bonds is 2. The van der Waals surface area contributed by atoms with Crippen LogP contribution >= 0.6 is 11.8 Å². The summed E-state index contributed by atoms with van der Waals surface area (Å²) in [6, 6.07) is 3.75. The van der Waals surface area contributed by atoms with Crippen LogP contribution in [0.5, 0.6) is 0 Å². The van der Waals surface area contributed by atoms with Gasteiger partial charge >= 0.3 is 7.12 Å². The highest BCUT2D eigenvalue weighted by molar-refractivity contribution is 8.13. The molecule has 0 amide bonds. The zero-order valence-corrected chi connectivity index (χ0v) is 14.4. The first kappa shape index (κ1) is 17.1. The predicted octanol–water partition coefficient (Wildman–Crippen LogP) is 2.01. The van der Waals surface area contributed by atoms with Crippen molar-refractivity contribution < 1.29 is 14.1 Å². The first-order valence-electron chi connectivity index (χ1n) is 7.15. The molecule has 1 aromatic rings. The van der Waals surface area contributed by atoms with Gasteiger partial charge in [0.1, 0.15) is 5.69 Å². The summed E-state index contributed by atoms with van der Waals surface area (Å²) in [7, 11) is -0.409. The molecule has 0 bridgehead atoms.